The van der Waals surface area contributed by atoms with Crippen LogP contribution in [0.3, 0.4) is 0 Å². The average Bonchev–Trinajstić information content (AvgIpc) is 2.43. The standard InChI is InChI=1S/C15H28N2O3/c1-15(2,12-7-6-9-16-11-12)14(20)17-10-5-3-4-8-13(18)19/h12,16H,3-11H2,1-2H3,(H,17,20)(H,18,19). The Labute approximate surface area is 121 Å². The topological polar surface area (TPSA) is 78.4 Å². The van der Waals surface area contributed by atoms with E-state index in [2.05, 4.69) is 10.6 Å². The number of carbonyl (C=O) groups excluding carboxylic acids is 1. The number of hydrogen-bond donors (Lipinski definition) is 3. The summed E-state index contributed by atoms with van der Waals surface area (Å²) in [6, 6.07) is 0. The molecule has 0 radical (unpaired) electrons. The van der Waals surface area contributed by atoms with Crippen LogP contribution in [0.4, 0.5) is 0 Å². The van der Waals surface area contributed by atoms with E-state index in [0.29, 0.717) is 18.9 Å². The molecule has 1 atom stereocenters. The third kappa shape index (κ3) is 5.49. The fraction of sp³-hybridized carbons (Fsp3) is 0.867. The van der Waals surface area contributed by atoms with Crippen LogP contribution in [0, 0.1) is 11.3 Å². The molecule has 0 aromatic carbocycles. The second-order valence-electron chi connectivity index (χ2n) is 6.23. The van der Waals surface area contributed by atoms with Gasteiger partial charge < -0.3 is 15.7 Å². The zero-order chi connectivity index (χ0) is 15.0. The number of nitrogens with one attached hydrogen (secondary N) is 2. The molecule has 5 nitrogen and oxygen atoms in total. The lowest BCUT2D eigenvalue weighted by atomic mass is 9.74. The SMILES string of the molecule is CC(C)(C(=O)NCCCCCC(=O)O)C1CCCNC1. The van der Waals surface area contributed by atoms with Crippen LogP contribution in [0.25, 0.3) is 0 Å². The minimum Gasteiger partial charge on any atom is -0.481 e. The summed E-state index contributed by atoms with van der Waals surface area (Å²) in [6.07, 6.45) is 4.83. The molecule has 3 N–H and O–H groups in total. The minimum absolute atomic E-state index is 0.115. The maximum absolute atomic E-state index is 12.3. The molecule has 116 valence electrons. The van der Waals surface area contributed by atoms with E-state index < -0.39 is 5.97 Å². The Morgan fingerprint density at radius 3 is 2.65 bits per heavy atom. The van der Waals surface area contributed by atoms with E-state index in [4.69, 9.17) is 5.11 Å². The van der Waals surface area contributed by atoms with Crippen LogP contribution in [0.1, 0.15) is 52.4 Å². The van der Waals surface area contributed by atoms with Gasteiger partial charge in [0.1, 0.15) is 0 Å². The highest BCUT2D eigenvalue weighted by atomic mass is 16.4. The fourth-order valence-electron chi connectivity index (χ4n) is 2.66. The Hall–Kier alpha value is -1.10. The first-order valence-corrected chi connectivity index (χ1v) is 7.65. The van der Waals surface area contributed by atoms with E-state index in [1.165, 1.54) is 0 Å². The van der Waals surface area contributed by atoms with Crippen LogP contribution in [-0.2, 0) is 9.59 Å². The molecule has 1 heterocycles. The Balaban J connectivity index is 2.21. The van der Waals surface area contributed by atoms with Crippen molar-refractivity contribution >= 4 is 11.9 Å². The number of carboxylic acids is 1. The highest BCUT2D eigenvalue weighted by Crippen LogP contribution is 2.31. The number of unbranched alkanes of at least 4 members (excludes halogenated alkanes) is 2. The predicted octanol–water partition coefficient (Wildman–Crippen LogP) is 1.77. The third-order valence-corrected chi connectivity index (χ3v) is 4.26. The first-order chi connectivity index (χ1) is 9.44. The van der Waals surface area contributed by atoms with Gasteiger partial charge in [0.25, 0.3) is 0 Å². The van der Waals surface area contributed by atoms with Gasteiger partial charge in [-0.1, -0.05) is 20.3 Å². The Kier molecular flexibility index (Phi) is 6.99. The maximum atomic E-state index is 12.3. The number of piperidine rings is 1. The summed E-state index contributed by atoms with van der Waals surface area (Å²) in [7, 11) is 0. The van der Waals surface area contributed by atoms with E-state index in [-0.39, 0.29) is 17.7 Å². The van der Waals surface area contributed by atoms with Gasteiger partial charge in [-0.25, -0.2) is 0 Å². The molecule has 0 aliphatic carbocycles. The third-order valence-electron chi connectivity index (χ3n) is 4.26. The normalized spacial score (nSPS) is 19.6. The Bertz CT molecular complexity index is 323. The van der Waals surface area contributed by atoms with Crippen LogP contribution in [0.2, 0.25) is 0 Å². The first-order valence-electron chi connectivity index (χ1n) is 7.65. The van der Waals surface area contributed by atoms with Gasteiger partial charge in [-0.2, -0.15) is 0 Å². The van der Waals surface area contributed by atoms with Gasteiger partial charge in [-0.3, -0.25) is 9.59 Å². The molecule has 0 spiro atoms. The van der Waals surface area contributed by atoms with Crippen LogP contribution < -0.4 is 10.6 Å². The van der Waals surface area contributed by atoms with Crippen molar-refractivity contribution in [2.24, 2.45) is 11.3 Å². The van der Waals surface area contributed by atoms with Crippen molar-refractivity contribution in [1.29, 1.82) is 0 Å². The van der Waals surface area contributed by atoms with Crippen molar-refractivity contribution in [2.45, 2.75) is 52.4 Å². The number of amides is 1. The predicted molar refractivity (Wildman–Crippen MR) is 78.5 cm³/mol. The van der Waals surface area contributed by atoms with Gasteiger partial charge in [0.05, 0.1) is 0 Å². The summed E-state index contributed by atoms with van der Waals surface area (Å²) in [5, 5.41) is 14.9. The van der Waals surface area contributed by atoms with Crippen molar-refractivity contribution in [2.75, 3.05) is 19.6 Å². The van der Waals surface area contributed by atoms with Gasteiger partial charge in [-0.15, -0.1) is 0 Å². The summed E-state index contributed by atoms with van der Waals surface area (Å²) in [4.78, 5) is 22.6. The molecular weight excluding hydrogens is 256 g/mol. The van der Waals surface area contributed by atoms with E-state index in [1.54, 1.807) is 0 Å². The Morgan fingerprint density at radius 2 is 2.05 bits per heavy atom. The second kappa shape index (κ2) is 8.25. The van der Waals surface area contributed by atoms with Crippen molar-refractivity contribution in [3.05, 3.63) is 0 Å². The van der Waals surface area contributed by atoms with Gasteiger partial charge in [-0.05, 0) is 44.7 Å². The van der Waals surface area contributed by atoms with Crippen molar-refractivity contribution in [1.82, 2.24) is 10.6 Å². The molecule has 0 aromatic rings. The number of rotatable bonds is 8. The number of aliphatic carboxylic acids is 1. The lowest BCUT2D eigenvalue weighted by Gasteiger charge is -2.36. The second-order valence-corrected chi connectivity index (χ2v) is 6.23. The summed E-state index contributed by atoms with van der Waals surface area (Å²) in [5.41, 5.74) is -0.339. The smallest absolute Gasteiger partial charge is 0.303 e. The minimum atomic E-state index is -0.750. The zero-order valence-electron chi connectivity index (χ0n) is 12.7. The molecule has 1 rings (SSSR count). The van der Waals surface area contributed by atoms with Crippen molar-refractivity contribution < 1.29 is 14.7 Å². The van der Waals surface area contributed by atoms with Crippen LogP contribution in [0.15, 0.2) is 0 Å². The van der Waals surface area contributed by atoms with Gasteiger partial charge >= 0.3 is 5.97 Å². The molecule has 1 fully saturated rings. The van der Waals surface area contributed by atoms with Crippen LogP contribution in [0.5, 0.6) is 0 Å². The lowest BCUT2D eigenvalue weighted by molar-refractivity contribution is -0.137. The molecule has 1 amide bonds. The summed E-state index contributed by atoms with van der Waals surface area (Å²) < 4.78 is 0. The molecule has 0 aromatic heterocycles. The summed E-state index contributed by atoms with van der Waals surface area (Å²) >= 11 is 0. The highest BCUT2D eigenvalue weighted by Gasteiger charge is 2.36. The van der Waals surface area contributed by atoms with Crippen LogP contribution in [-0.4, -0.2) is 36.6 Å². The summed E-state index contributed by atoms with van der Waals surface area (Å²) in [5.74, 6) is -0.243. The Morgan fingerprint density at radius 1 is 1.30 bits per heavy atom. The first kappa shape index (κ1) is 17.0. The van der Waals surface area contributed by atoms with Crippen molar-refractivity contribution in [3.8, 4) is 0 Å². The molecule has 0 saturated carbocycles. The van der Waals surface area contributed by atoms with Crippen LogP contribution >= 0.6 is 0 Å². The number of hydrogen-bond acceptors (Lipinski definition) is 3. The highest BCUT2D eigenvalue weighted by molar-refractivity contribution is 5.82. The monoisotopic (exact) mass is 284 g/mol. The van der Waals surface area contributed by atoms with Crippen molar-refractivity contribution in [3.63, 3.8) is 0 Å². The molecule has 20 heavy (non-hydrogen) atoms. The fourth-order valence-corrected chi connectivity index (χ4v) is 2.66. The molecule has 5 heteroatoms. The molecule has 0 bridgehead atoms. The van der Waals surface area contributed by atoms with Gasteiger partial charge in [0, 0.05) is 18.4 Å². The molecule has 1 aliphatic rings. The average molecular weight is 284 g/mol. The van der Waals surface area contributed by atoms with E-state index >= 15 is 0 Å². The largest absolute Gasteiger partial charge is 0.481 e. The van der Waals surface area contributed by atoms with Gasteiger partial charge in [0.15, 0.2) is 0 Å². The number of carboxylic acid groups (broad SMARTS) is 1. The van der Waals surface area contributed by atoms with E-state index in [9.17, 15) is 9.59 Å². The van der Waals surface area contributed by atoms with E-state index in [1.807, 2.05) is 13.8 Å². The maximum Gasteiger partial charge on any atom is 0.303 e. The van der Waals surface area contributed by atoms with E-state index in [0.717, 1.165) is 38.8 Å². The lowest BCUT2D eigenvalue weighted by Crippen LogP contribution is -2.47. The quantitative estimate of drug-likeness (QED) is 0.594. The zero-order valence-corrected chi connectivity index (χ0v) is 12.7. The van der Waals surface area contributed by atoms with Gasteiger partial charge in [0.2, 0.25) is 5.91 Å². The molecule has 1 saturated heterocycles. The summed E-state index contributed by atoms with van der Waals surface area (Å²) in [6.45, 7) is 6.65. The molecular formula is C15H28N2O3. The molecule has 1 unspecified atom stereocenters. The number of carbonyl (C=O) groups is 2. The molecule has 1 aliphatic heterocycles.